The third-order valence-corrected chi connectivity index (χ3v) is 5.39. The van der Waals surface area contributed by atoms with Crippen LogP contribution in [0.25, 0.3) is 0 Å². The lowest BCUT2D eigenvalue weighted by Crippen LogP contribution is -2.54. The van der Waals surface area contributed by atoms with Crippen molar-refractivity contribution < 1.29 is 13.2 Å². The predicted octanol–water partition coefficient (Wildman–Crippen LogP) is 0.319. The Hall–Kier alpha value is -0.100. The Bertz CT molecular complexity index is 313. The number of alkyl halides is 1. The first-order valence-electron chi connectivity index (χ1n) is 4.46. The fourth-order valence-electron chi connectivity index (χ4n) is 1.23. The van der Waals surface area contributed by atoms with Gasteiger partial charge >= 0.3 is 0 Å². The van der Waals surface area contributed by atoms with Crippen LogP contribution in [0.4, 0.5) is 0 Å². The molecule has 1 fully saturated rings. The number of hydrogen-bond donors (Lipinski definition) is 1. The van der Waals surface area contributed by atoms with Crippen LogP contribution < -0.4 is 5.32 Å². The zero-order valence-electron chi connectivity index (χ0n) is 8.16. The molecule has 1 saturated heterocycles. The molecule has 0 bridgehead atoms. The summed E-state index contributed by atoms with van der Waals surface area (Å²) in [5.74, 6) is 0.235. The molecule has 0 radical (unpaired) electrons. The smallest absolute Gasteiger partial charge is 0.234 e. The van der Waals surface area contributed by atoms with E-state index >= 15 is 0 Å². The van der Waals surface area contributed by atoms with E-state index in [0.29, 0.717) is 0 Å². The second kappa shape index (κ2) is 4.18. The molecule has 14 heavy (non-hydrogen) atoms. The van der Waals surface area contributed by atoms with E-state index in [-0.39, 0.29) is 34.2 Å². The molecule has 82 valence electrons. The topological polar surface area (TPSA) is 63.2 Å². The molecule has 1 aliphatic rings. The fraction of sp³-hybridized carbons (Fsp3) is 0.875. The predicted molar refractivity (Wildman–Crippen MR) is 58.1 cm³/mol. The summed E-state index contributed by atoms with van der Waals surface area (Å²) in [4.78, 5) is 11.2. The van der Waals surface area contributed by atoms with Gasteiger partial charge in [-0.15, -0.1) is 0 Å². The summed E-state index contributed by atoms with van der Waals surface area (Å²) < 4.78 is 21.6. The molecule has 1 rings (SSSR count). The molecule has 0 spiro atoms. The van der Waals surface area contributed by atoms with Crippen molar-refractivity contribution in [2.45, 2.75) is 24.7 Å². The van der Waals surface area contributed by atoms with Crippen LogP contribution in [0.3, 0.4) is 0 Å². The Morgan fingerprint density at radius 2 is 1.93 bits per heavy atom. The Balaban J connectivity index is 2.37. The van der Waals surface area contributed by atoms with Gasteiger partial charge in [-0.25, -0.2) is 8.42 Å². The van der Waals surface area contributed by atoms with E-state index in [1.54, 1.807) is 0 Å². The molecule has 6 heteroatoms. The SMILES string of the molecule is CC(C)C(Br)C(=O)NC1CS(=O)(=O)C1. The quantitative estimate of drug-likeness (QED) is 0.759. The molecule has 1 unspecified atom stereocenters. The van der Waals surface area contributed by atoms with E-state index in [4.69, 9.17) is 0 Å². The average molecular weight is 284 g/mol. The van der Waals surface area contributed by atoms with Crippen molar-refractivity contribution in [1.82, 2.24) is 5.32 Å². The second-order valence-corrected chi connectivity index (χ2v) is 7.07. The summed E-state index contributed by atoms with van der Waals surface area (Å²) in [7, 11) is -2.85. The lowest BCUT2D eigenvalue weighted by Gasteiger charge is -2.28. The van der Waals surface area contributed by atoms with Crippen molar-refractivity contribution in [3.05, 3.63) is 0 Å². The molecule has 0 aromatic rings. The van der Waals surface area contributed by atoms with E-state index in [2.05, 4.69) is 21.2 Å². The molecule has 1 N–H and O–H groups in total. The zero-order chi connectivity index (χ0) is 10.9. The van der Waals surface area contributed by atoms with E-state index in [1.807, 2.05) is 13.8 Å². The number of amides is 1. The Kier molecular flexibility index (Phi) is 3.58. The maximum absolute atomic E-state index is 11.4. The lowest BCUT2D eigenvalue weighted by atomic mass is 10.1. The minimum absolute atomic E-state index is 0.0799. The summed E-state index contributed by atoms with van der Waals surface area (Å²) >= 11 is 3.26. The summed E-state index contributed by atoms with van der Waals surface area (Å²) in [6.45, 7) is 3.85. The average Bonchev–Trinajstić information content (AvgIpc) is 1.99. The highest BCUT2D eigenvalue weighted by molar-refractivity contribution is 9.10. The highest BCUT2D eigenvalue weighted by atomic mass is 79.9. The van der Waals surface area contributed by atoms with Crippen molar-refractivity contribution >= 4 is 31.7 Å². The highest BCUT2D eigenvalue weighted by Crippen LogP contribution is 2.15. The van der Waals surface area contributed by atoms with Gasteiger partial charge < -0.3 is 5.32 Å². The van der Waals surface area contributed by atoms with E-state index in [0.717, 1.165) is 0 Å². The molecule has 0 aromatic carbocycles. The number of rotatable bonds is 3. The number of nitrogens with one attached hydrogen (secondary N) is 1. The molecule has 4 nitrogen and oxygen atoms in total. The molecule has 0 saturated carbocycles. The number of halogens is 1. The number of carbonyl (C=O) groups is 1. The van der Waals surface area contributed by atoms with Crippen LogP contribution >= 0.6 is 15.9 Å². The van der Waals surface area contributed by atoms with Gasteiger partial charge in [-0.1, -0.05) is 29.8 Å². The lowest BCUT2D eigenvalue weighted by molar-refractivity contribution is -0.121. The maximum atomic E-state index is 11.4. The molecule has 1 atom stereocenters. The summed E-state index contributed by atoms with van der Waals surface area (Å²) in [5, 5.41) is 2.69. The van der Waals surface area contributed by atoms with Crippen molar-refractivity contribution in [2.75, 3.05) is 11.5 Å². The minimum atomic E-state index is -2.85. The monoisotopic (exact) mass is 283 g/mol. The molecular weight excluding hydrogens is 270 g/mol. The third kappa shape index (κ3) is 2.95. The number of sulfone groups is 1. The number of carbonyl (C=O) groups excluding carboxylic acids is 1. The summed E-state index contributed by atoms with van der Waals surface area (Å²) in [6.07, 6.45) is 0. The molecule has 0 aliphatic carbocycles. The normalized spacial score (nSPS) is 22.9. The molecule has 1 amide bonds. The van der Waals surface area contributed by atoms with Gasteiger partial charge in [0.05, 0.1) is 22.4 Å². The number of hydrogen-bond acceptors (Lipinski definition) is 3. The van der Waals surface area contributed by atoms with Crippen LogP contribution in [0.1, 0.15) is 13.8 Å². The first kappa shape index (κ1) is 12.0. The standard InChI is InChI=1S/C8H14BrNO3S/c1-5(2)7(9)8(11)10-6-3-14(12,13)4-6/h5-7H,3-4H2,1-2H3,(H,10,11). The Morgan fingerprint density at radius 3 is 2.29 bits per heavy atom. The van der Waals surface area contributed by atoms with E-state index in [1.165, 1.54) is 0 Å². The van der Waals surface area contributed by atoms with Gasteiger partial charge in [0.2, 0.25) is 5.91 Å². The van der Waals surface area contributed by atoms with Gasteiger partial charge in [0.1, 0.15) is 0 Å². The second-order valence-electron chi connectivity index (χ2n) is 3.93. The van der Waals surface area contributed by atoms with Gasteiger partial charge in [0, 0.05) is 0 Å². The van der Waals surface area contributed by atoms with Crippen molar-refractivity contribution in [2.24, 2.45) is 5.92 Å². The molecule has 1 heterocycles. The van der Waals surface area contributed by atoms with Crippen LogP contribution in [0, 0.1) is 5.92 Å². The first-order valence-corrected chi connectivity index (χ1v) is 7.20. The van der Waals surface area contributed by atoms with Crippen LogP contribution in [-0.4, -0.2) is 36.7 Å². The zero-order valence-corrected chi connectivity index (χ0v) is 10.6. The summed E-state index contributed by atoms with van der Waals surface area (Å²) in [6, 6.07) is -0.189. The van der Waals surface area contributed by atoms with Crippen LogP contribution in [0.2, 0.25) is 0 Å². The van der Waals surface area contributed by atoms with E-state index in [9.17, 15) is 13.2 Å². The first-order chi connectivity index (χ1) is 6.32. The Labute approximate surface area is 92.5 Å². The van der Waals surface area contributed by atoms with Crippen molar-refractivity contribution in [3.8, 4) is 0 Å². The van der Waals surface area contributed by atoms with Crippen LogP contribution in [0.5, 0.6) is 0 Å². The van der Waals surface area contributed by atoms with Gasteiger partial charge in [-0.3, -0.25) is 4.79 Å². The molecule has 1 aliphatic heterocycles. The Morgan fingerprint density at radius 1 is 1.43 bits per heavy atom. The fourth-order valence-corrected chi connectivity index (χ4v) is 2.66. The minimum Gasteiger partial charge on any atom is -0.350 e. The highest BCUT2D eigenvalue weighted by Gasteiger charge is 2.35. The third-order valence-electron chi connectivity index (χ3n) is 2.09. The van der Waals surface area contributed by atoms with Crippen molar-refractivity contribution in [3.63, 3.8) is 0 Å². The van der Waals surface area contributed by atoms with Gasteiger partial charge in [0.15, 0.2) is 9.84 Å². The van der Waals surface area contributed by atoms with Gasteiger partial charge in [0.25, 0.3) is 0 Å². The molecular formula is C8H14BrNO3S. The van der Waals surface area contributed by atoms with Crippen LogP contribution in [0.15, 0.2) is 0 Å². The molecule has 0 aromatic heterocycles. The largest absolute Gasteiger partial charge is 0.350 e. The van der Waals surface area contributed by atoms with Gasteiger partial charge in [-0.2, -0.15) is 0 Å². The maximum Gasteiger partial charge on any atom is 0.234 e. The summed E-state index contributed by atoms with van der Waals surface area (Å²) in [5.41, 5.74) is 0. The van der Waals surface area contributed by atoms with Crippen molar-refractivity contribution in [1.29, 1.82) is 0 Å². The van der Waals surface area contributed by atoms with E-state index < -0.39 is 9.84 Å². The van der Waals surface area contributed by atoms with Crippen LogP contribution in [-0.2, 0) is 14.6 Å². The van der Waals surface area contributed by atoms with Gasteiger partial charge in [-0.05, 0) is 5.92 Å².